The molecule has 0 radical (unpaired) electrons. The van der Waals surface area contributed by atoms with Crippen LogP contribution < -0.4 is 10.6 Å². The number of alkyl halides is 3. The smallest absolute Gasteiger partial charge is 0.372 e. The van der Waals surface area contributed by atoms with Gasteiger partial charge in [-0.2, -0.15) is 13.2 Å². The lowest BCUT2D eigenvalue weighted by Crippen LogP contribution is -2.39. The van der Waals surface area contributed by atoms with Gasteiger partial charge in [-0.1, -0.05) is 25.4 Å². The highest BCUT2D eigenvalue weighted by Crippen LogP contribution is 2.34. The predicted molar refractivity (Wildman–Crippen MR) is 89.4 cm³/mol. The van der Waals surface area contributed by atoms with Crippen molar-refractivity contribution in [2.45, 2.75) is 26.1 Å². The first-order chi connectivity index (χ1) is 11.2. The zero-order valence-electron chi connectivity index (χ0n) is 12.8. The Balaban J connectivity index is 2.17. The molecular formula is C15H15ClF3N3OS. The van der Waals surface area contributed by atoms with Crippen LogP contribution in [0.1, 0.15) is 19.4 Å². The predicted octanol–water partition coefficient (Wildman–Crippen LogP) is 4.89. The van der Waals surface area contributed by atoms with Crippen molar-refractivity contribution in [3.63, 3.8) is 0 Å². The first-order valence-corrected chi connectivity index (χ1v) is 8.28. The van der Waals surface area contributed by atoms with Crippen LogP contribution in [0.4, 0.5) is 24.0 Å². The molecule has 0 saturated heterocycles. The summed E-state index contributed by atoms with van der Waals surface area (Å²) in [5, 5.41) is 7.64. The summed E-state index contributed by atoms with van der Waals surface area (Å²) in [5.41, 5.74) is -0.580. The maximum Gasteiger partial charge on any atom is 0.416 e. The maximum absolute atomic E-state index is 12.7. The number of nitrogens with one attached hydrogen (secondary N) is 2. The molecule has 1 aromatic carbocycles. The second-order valence-corrected chi connectivity index (χ2v) is 6.69. The average Bonchev–Trinajstić information content (AvgIpc) is 2.97. The highest BCUT2D eigenvalue weighted by atomic mass is 35.5. The van der Waals surface area contributed by atoms with E-state index in [2.05, 4.69) is 15.6 Å². The van der Waals surface area contributed by atoms with Gasteiger partial charge in [0.05, 0.1) is 16.3 Å². The molecule has 1 heterocycles. The van der Waals surface area contributed by atoms with Crippen molar-refractivity contribution in [2.75, 3.05) is 10.6 Å². The summed E-state index contributed by atoms with van der Waals surface area (Å²) in [4.78, 5) is 16.3. The maximum atomic E-state index is 12.7. The molecule has 130 valence electrons. The average molecular weight is 378 g/mol. The third kappa shape index (κ3) is 4.61. The quantitative estimate of drug-likeness (QED) is 0.780. The van der Waals surface area contributed by atoms with E-state index in [0.29, 0.717) is 5.13 Å². The molecule has 24 heavy (non-hydrogen) atoms. The van der Waals surface area contributed by atoms with Gasteiger partial charge in [0.15, 0.2) is 5.13 Å². The van der Waals surface area contributed by atoms with Gasteiger partial charge in [-0.15, -0.1) is 11.3 Å². The minimum atomic E-state index is -4.47. The fourth-order valence-electron chi connectivity index (χ4n) is 1.98. The van der Waals surface area contributed by atoms with E-state index >= 15 is 0 Å². The van der Waals surface area contributed by atoms with Crippen LogP contribution in [0.5, 0.6) is 0 Å². The van der Waals surface area contributed by atoms with E-state index in [1.165, 1.54) is 17.4 Å². The number of thiazole rings is 1. The van der Waals surface area contributed by atoms with Gasteiger partial charge in [-0.3, -0.25) is 4.79 Å². The molecule has 1 atom stereocenters. The Morgan fingerprint density at radius 3 is 2.54 bits per heavy atom. The Labute approximate surface area is 146 Å². The van der Waals surface area contributed by atoms with Gasteiger partial charge < -0.3 is 10.6 Å². The summed E-state index contributed by atoms with van der Waals surface area (Å²) < 4.78 is 38.0. The molecule has 1 unspecified atom stereocenters. The minimum absolute atomic E-state index is 0.0995. The summed E-state index contributed by atoms with van der Waals surface area (Å²) in [6.07, 6.45) is -2.91. The third-order valence-corrected chi connectivity index (χ3v) is 4.22. The lowest BCUT2D eigenvalue weighted by atomic mass is 10.0. The van der Waals surface area contributed by atoms with Crippen molar-refractivity contribution in [1.29, 1.82) is 0 Å². The molecule has 0 aliphatic heterocycles. The molecule has 0 spiro atoms. The van der Waals surface area contributed by atoms with Crippen LogP contribution in [0.25, 0.3) is 0 Å². The van der Waals surface area contributed by atoms with Gasteiger partial charge in [0.25, 0.3) is 0 Å². The number of carbonyl (C=O) groups excluding carboxylic acids is 1. The largest absolute Gasteiger partial charge is 0.416 e. The van der Waals surface area contributed by atoms with Crippen molar-refractivity contribution in [3.05, 3.63) is 40.4 Å². The monoisotopic (exact) mass is 377 g/mol. The number of amides is 1. The molecule has 2 aromatic rings. The number of aromatic nitrogens is 1. The number of carbonyl (C=O) groups is 1. The van der Waals surface area contributed by atoms with E-state index in [1.54, 1.807) is 11.6 Å². The van der Waals surface area contributed by atoms with E-state index in [1.807, 2.05) is 13.8 Å². The highest BCUT2D eigenvalue weighted by molar-refractivity contribution is 7.13. The van der Waals surface area contributed by atoms with Crippen molar-refractivity contribution < 1.29 is 18.0 Å². The second-order valence-electron chi connectivity index (χ2n) is 5.38. The topological polar surface area (TPSA) is 54.0 Å². The first-order valence-electron chi connectivity index (χ1n) is 7.02. The normalized spacial score (nSPS) is 13.0. The highest BCUT2D eigenvalue weighted by Gasteiger charge is 2.31. The SMILES string of the molecule is CC(C)C(Nc1ccc(C(F)(F)F)cc1Cl)C(=O)Nc1nccs1. The van der Waals surface area contributed by atoms with Crippen LogP contribution >= 0.6 is 22.9 Å². The van der Waals surface area contributed by atoms with Crippen LogP contribution in [0.3, 0.4) is 0 Å². The molecule has 9 heteroatoms. The van der Waals surface area contributed by atoms with Crippen molar-refractivity contribution >= 4 is 39.7 Å². The van der Waals surface area contributed by atoms with Gasteiger partial charge in [-0.25, -0.2) is 4.98 Å². The summed E-state index contributed by atoms with van der Waals surface area (Å²) in [5.74, 6) is -0.459. The summed E-state index contributed by atoms with van der Waals surface area (Å²) in [6, 6.07) is 2.30. The molecule has 0 saturated carbocycles. The number of benzene rings is 1. The number of hydrogen-bond acceptors (Lipinski definition) is 4. The van der Waals surface area contributed by atoms with Gasteiger partial charge in [0, 0.05) is 11.6 Å². The summed E-state index contributed by atoms with van der Waals surface area (Å²) in [7, 11) is 0. The van der Waals surface area contributed by atoms with Crippen molar-refractivity contribution in [2.24, 2.45) is 5.92 Å². The van der Waals surface area contributed by atoms with Crippen LogP contribution in [-0.4, -0.2) is 16.9 Å². The molecule has 0 aliphatic rings. The Bertz CT molecular complexity index is 704. The number of nitrogens with zero attached hydrogens (tertiary/aromatic N) is 1. The van der Waals surface area contributed by atoms with E-state index in [4.69, 9.17) is 11.6 Å². The van der Waals surface area contributed by atoms with Gasteiger partial charge in [0.2, 0.25) is 5.91 Å². The summed E-state index contributed by atoms with van der Waals surface area (Å²) in [6.45, 7) is 3.63. The Kier molecular flexibility index (Phi) is 5.71. The number of halogens is 4. The fraction of sp³-hybridized carbons (Fsp3) is 0.333. The van der Waals surface area contributed by atoms with Crippen molar-refractivity contribution in [3.8, 4) is 0 Å². The molecule has 1 aromatic heterocycles. The minimum Gasteiger partial charge on any atom is -0.372 e. The first kappa shape index (κ1) is 18.5. The molecular weight excluding hydrogens is 363 g/mol. The van der Waals surface area contributed by atoms with Crippen LogP contribution in [0.15, 0.2) is 29.8 Å². The summed E-state index contributed by atoms with van der Waals surface area (Å²) >= 11 is 7.20. The van der Waals surface area contributed by atoms with Gasteiger partial charge in [0.1, 0.15) is 6.04 Å². The Hall–Kier alpha value is -1.80. The van der Waals surface area contributed by atoms with Crippen LogP contribution in [0, 0.1) is 5.92 Å². The molecule has 2 N–H and O–H groups in total. The van der Waals surface area contributed by atoms with Gasteiger partial charge >= 0.3 is 6.18 Å². The molecule has 0 bridgehead atoms. The third-order valence-electron chi connectivity index (χ3n) is 3.22. The van der Waals surface area contributed by atoms with Crippen LogP contribution in [-0.2, 0) is 11.0 Å². The lowest BCUT2D eigenvalue weighted by molar-refractivity contribution is -0.137. The number of rotatable bonds is 5. The van der Waals surface area contributed by atoms with Crippen LogP contribution in [0.2, 0.25) is 5.02 Å². The molecule has 0 fully saturated rings. The molecule has 2 rings (SSSR count). The molecule has 1 amide bonds. The fourth-order valence-corrected chi connectivity index (χ4v) is 2.75. The van der Waals surface area contributed by atoms with E-state index in [9.17, 15) is 18.0 Å². The standard InChI is InChI=1S/C15H15ClF3N3OS/c1-8(2)12(13(23)22-14-20-5-6-24-14)21-11-4-3-9(7-10(11)16)15(17,18)19/h3-8,12,21H,1-2H3,(H,20,22,23). The molecule has 0 aliphatic carbocycles. The molecule has 4 nitrogen and oxygen atoms in total. The van der Waals surface area contributed by atoms with Crippen molar-refractivity contribution in [1.82, 2.24) is 4.98 Å². The van der Waals surface area contributed by atoms with E-state index < -0.39 is 17.8 Å². The lowest BCUT2D eigenvalue weighted by Gasteiger charge is -2.23. The van der Waals surface area contributed by atoms with E-state index in [-0.39, 0.29) is 22.5 Å². The Morgan fingerprint density at radius 1 is 1.33 bits per heavy atom. The zero-order valence-corrected chi connectivity index (χ0v) is 14.4. The van der Waals surface area contributed by atoms with E-state index in [0.717, 1.165) is 12.1 Å². The van der Waals surface area contributed by atoms with Gasteiger partial charge in [-0.05, 0) is 24.1 Å². The number of anilines is 2. The number of hydrogen-bond donors (Lipinski definition) is 2. The second kappa shape index (κ2) is 7.40. The zero-order chi connectivity index (χ0) is 17.9. The Morgan fingerprint density at radius 2 is 2.04 bits per heavy atom.